The van der Waals surface area contributed by atoms with Crippen LogP contribution in [0.4, 0.5) is 0 Å². The molecule has 5 heterocycles. The lowest BCUT2D eigenvalue weighted by Crippen LogP contribution is -2.06. The highest BCUT2D eigenvalue weighted by molar-refractivity contribution is 6.25. The van der Waals surface area contributed by atoms with Crippen LogP contribution in [-0.4, -0.2) is 24.1 Å². The molecular weight excluding hydrogens is 911 g/mol. The number of furan rings is 2. The lowest BCUT2D eigenvalue weighted by atomic mass is 10.00. The number of hydrogen-bond donors (Lipinski definition) is 0. The third kappa shape index (κ3) is 6.11. The Morgan fingerprint density at radius 1 is 0.338 bits per heavy atom. The van der Waals surface area contributed by atoms with Gasteiger partial charge in [-0.25, -0.2) is 15.0 Å². The van der Waals surface area contributed by atoms with Gasteiger partial charge in [0.05, 0.1) is 67.5 Å². The molecule has 0 atom stereocenters. The fourth-order valence-corrected chi connectivity index (χ4v) is 11.1. The van der Waals surface area contributed by atoms with Crippen molar-refractivity contribution >= 4 is 87.5 Å². The van der Waals surface area contributed by atoms with Gasteiger partial charge in [0.1, 0.15) is 22.3 Å². The van der Waals surface area contributed by atoms with Crippen LogP contribution in [0.1, 0.15) is 11.1 Å². The molecule has 0 amide bonds. The minimum Gasteiger partial charge on any atom is -0.455 e. The summed E-state index contributed by atoms with van der Waals surface area (Å²) in [5.74, 6) is 1.30. The number of rotatable bonds is 6. The van der Waals surface area contributed by atoms with Crippen molar-refractivity contribution in [3.63, 3.8) is 0 Å². The lowest BCUT2D eigenvalue weighted by Gasteiger charge is -2.17. The SMILES string of the molecule is N#Cc1ccc(-c2ccc(-c3nc(-c4ccccc4)nc(-c4cc(C#N)ccc4-n4c5ccccc5c5c6oc7ccccc7c6ccc54)n3)c(-n3c4ccccc4c4c5oc6ccccc6c5ccc43)c2)cc1. The van der Waals surface area contributed by atoms with Crippen molar-refractivity contribution in [3.8, 4) is 68.8 Å². The van der Waals surface area contributed by atoms with Gasteiger partial charge >= 0.3 is 0 Å². The van der Waals surface area contributed by atoms with Crippen molar-refractivity contribution in [2.24, 2.45) is 0 Å². The van der Waals surface area contributed by atoms with Gasteiger partial charge in [-0.1, -0.05) is 121 Å². The summed E-state index contributed by atoms with van der Waals surface area (Å²) in [6, 6.07) is 76.0. The molecule has 0 N–H and O–H groups in total. The molecule has 0 unspecified atom stereocenters. The second-order valence-corrected chi connectivity index (χ2v) is 18.5. The van der Waals surface area contributed by atoms with Gasteiger partial charge in [0.25, 0.3) is 0 Å². The molecule has 0 saturated carbocycles. The molecule has 0 radical (unpaired) electrons. The molecule has 15 rings (SSSR count). The monoisotopic (exact) mass is 945 g/mol. The van der Waals surface area contributed by atoms with E-state index in [2.05, 4.69) is 118 Å². The quantitative estimate of drug-likeness (QED) is 0.163. The third-order valence-corrected chi connectivity index (χ3v) is 14.5. The van der Waals surface area contributed by atoms with Crippen molar-refractivity contribution in [2.45, 2.75) is 0 Å². The van der Waals surface area contributed by atoms with E-state index < -0.39 is 0 Å². The maximum atomic E-state index is 10.6. The number of aromatic nitrogens is 5. The van der Waals surface area contributed by atoms with Crippen molar-refractivity contribution in [1.82, 2.24) is 24.1 Å². The molecule has 10 aromatic carbocycles. The highest BCUT2D eigenvalue weighted by atomic mass is 16.3. The molecule has 0 aliphatic heterocycles. The topological polar surface area (TPSA) is 122 Å². The summed E-state index contributed by atoms with van der Waals surface area (Å²) in [5, 5.41) is 28.5. The maximum absolute atomic E-state index is 10.6. The molecule has 9 nitrogen and oxygen atoms in total. The summed E-state index contributed by atoms with van der Waals surface area (Å²) in [4.78, 5) is 16.1. The smallest absolute Gasteiger partial charge is 0.166 e. The minimum absolute atomic E-state index is 0.394. The van der Waals surface area contributed by atoms with Crippen LogP contribution >= 0.6 is 0 Å². The van der Waals surface area contributed by atoms with Crippen LogP contribution in [-0.2, 0) is 0 Å². The van der Waals surface area contributed by atoms with E-state index in [1.807, 2.05) is 115 Å². The van der Waals surface area contributed by atoms with Crippen molar-refractivity contribution in [2.75, 3.05) is 0 Å². The Kier molecular flexibility index (Phi) is 8.88. The first-order valence-electron chi connectivity index (χ1n) is 24.3. The summed E-state index contributed by atoms with van der Waals surface area (Å²) in [6.07, 6.45) is 0. The molecule has 0 bridgehead atoms. The predicted octanol–water partition coefficient (Wildman–Crippen LogP) is 16.3. The number of nitrogens with zero attached hydrogens (tertiary/aromatic N) is 7. The van der Waals surface area contributed by atoms with Crippen molar-refractivity contribution in [1.29, 1.82) is 10.5 Å². The Morgan fingerprint density at radius 2 is 0.838 bits per heavy atom. The number of hydrogen-bond acceptors (Lipinski definition) is 7. The van der Waals surface area contributed by atoms with Gasteiger partial charge in [-0.3, -0.25) is 0 Å². The second kappa shape index (κ2) is 16.0. The van der Waals surface area contributed by atoms with Gasteiger partial charge in [0, 0.05) is 49.0 Å². The summed E-state index contributed by atoms with van der Waals surface area (Å²) in [7, 11) is 0. The molecule has 9 heteroatoms. The van der Waals surface area contributed by atoms with E-state index in [-0.39, 0.29) is 0 Å². The van der Waals surface area contributed by atoms with Gasteiger partial charge < -0.3 is 18.0 Å². The zero-order chi connectivity index (χ0) is 49.0. The van der Waals surface area contributed by atoms with E-state index in [1.165, 1.54) is 0 Å². The van der Waals surface area contributed by atoms with Crippen LogP contribution in [0.25, 0.3) is 144 Å². The van der Waals surface area contributed by atoms with E-state index in [1.54, 1.807) is 0 Å². The van der Waals surface area contributed by atoms with Crippen LogP contribution in [0.5, 0.6) is 0 Å². The second-order valence-electron chi connectivity index (χ2n) is 18.5. The first-order chi connectivity index (χ1) is 36.6. The van der Waals surface area contributed by atoms with Crippen molar-refractivity contribution in [3.05, 3.63) is 223 Å². The Bertz CT molecular complexity index is 4930. The normalized spacial score (nSPS) is 11.8. The molecule has 342 valence electrons. The van der Waals surface area contributed by atoms with Crippen LogP contribution in [0.15, 0.2) is 221 Å². The number of para-hydroxylation sites is 4. The molecular formula is C65H35N7O2. The van der Waals surface area contributed by atoms with E-state index in [4.69, 9.17) is 23.8 Å². The van der Waals surface area contributed by atoms with Gasteiger partial charge in [-0.2, -0.15) is 10.5 Å². The summed E-state index contributed by atoms with van der Waals surface area (Å²) >= 11 is 0. The molecule has 0 saturated heterocycles. The number of benzene rings is 10. The van der Waals surface area contributed by atoms with Crippen molar-refractivity contribution < 1.29 is 8.83 Å². The Labute approximate surface area is 421 Å². The fraction of sp³-hybridized carbons (Fsp3) is 0. The zero-order valence-electron chi connectivity index (χ0n) is 39.2. The van der Waals surface area contributed by atoms with E-state index in [0.717, 1.165) is 121 Å². The highest BCUT2D eigenvalue weighted by Crippen LogP contribution is 2.45. The minimum atomic E-state index is 0.394. The van der Waals surface area contributed by atoms with Crippen LogP contribution in [0, 0.1) is 22.7 Å². The van der Waals surface area contributed by atoms with E-state index >= 15 is 0 Å². The number of nitriles is 2. The summed E-state index contributed by atoms with van der Waals surface area (Å²) in [5.41, 5.74) is 13.8. The molecule has 0 fully saturated rings. The Hall–Kier alpha value is -10.6. The van der Waals surface area contributed by atoms with Crippen LogP contribution < -0.4 is 0 Å². The van der Waals surface area contributed by atoms with E-state index in [0.29, 0.717) is 34.2 Å². The van der Waals surface area contributed by atoms with Crippen LogP contribution in [0.2, 0.25) is 0 Å². The largest absolute Gasteiger partial charge is 0.455 e. The molecule has 5 aromatic heterocycles. The predicted molar refractivity (Wildman–Crippen MR) is 294 cm³/mol. The molecule has 0 aliphatic rings. The molecule has 74 heavy (non-hydrogen) atoms. The fourth-order valence-electron chi connectivity index (χ4n) is 11.1. The van der Waals surface area contributed by atoms with Gasteiger partial charge in [0.2, 0.25) is 0 Å². The standard InChI is InChI=1S/C65H35N7O2/c66-36-38-22-25-40(26-23-38)42-27-28-49(56(35-42)72-52-19-9-5-17-48(52)60-55(72)33-30-46-44-15-7-11-21-58(44)74-62(46)60)64-68-63(41-12-2-1-3-13-41)69-65(70-64)50-34-39(37-67)24-31-53(50)71-51-18-8-4-16-47(51)59-54(71)32-29-45-43-14-6-10-20-57(43)73-61(45)59/h1-35H. The first-order valence-corrected chi connectivity index (χ1v) is 24.3. The average molecular weight is 946 g/mol. The molecule has 0 spiro atoms. The molecule has 15 aromatic rings. The Morgan fingerprint density at radius 3 is 1.45 bits per heavy atom. The Balaban J connectivity index is 1.02. The number of fused-ring (bicyclic) bond motifs is 14. The van der Waals surface area contributed by atoms with E-state index in [9.17, 15) is 10.5 Å². The third-order valence-electron chi connectivity index (χ3n) is 14.5. The first kappa shape index (κ1) is 41.2. The average Bonchev–Trinajstić information content (AvgIpc) is 4.27. The van der Waals surface area contributed by atoms with Gasteiger partial charge in [-0.15, -0.1) is 0 Å². The summed E-state index contributed by atoms with van der Waals surface area (Å²) < 4.78 is 17.9. The van der Waals surface area contributed by atoms with Crippen LogP contribution in [0.3, 0.4) is 0 Å². The van der Waals surface area contributed by atoms with Gasteiger partial charge in [0.15, 0.2) is 17.5 Å². The maximum Gasteiger partial charge on any atom is 0.166 e. The zero-order valence-corrected chi connectivity index (χ0v) is 39.2. The van der Waals surface area contributed by atoms with Gasteiger partial charge in [-0.05, 0) is 102 Å². The molecule has 0 aliphatic carbocycles. The highest BCUT2D eigenvalue weighted by Gasteiger charge is 2.26. The summed E-state index contributed by atoms with van der Waals surface area (Å²) in [6.45, 7) is 0. The lowest BCUT2D eigenvalue weighted by molar-refractivity contribution is 0.672.